The van der Waals surface area contributed by atoms with Gasteiger partial charge in [-0.1, -0.05) is 4.65 Å². The van der Waals surface area contributed by atoms with E-state index in [1.807, 2.05) is 0 Å². The van der Waals surface area contributed by atoms with Gasteiger partial charge in [0.2, 0.25) is 6.04 Å². The lowest BCUT2D eigenvalue weighted by Crippen LogP contribution is -2.64. The maximum atomic E-state index is 13.0. The molecule has 0 spiro atoms. The van der Waals surface area contributed by atoms with E-state index in [2.05, 4.69) is 9.18 Å². The number of hydroxylamine groups is 5. The zero-order valence-electron chi connectivity index (χ0n) is 14.2. The van der Waals surface area contributed by atoms with Crippen molar-refractivity contribution >= 4 is 22.3 Å². The molecule has 4 aliphatic heterocycles. The fraction of sp³-hybridized carbons (Fsp3) is 0.857. The minimum absolute atomic E-state index is 0.0587. The van der Waals surface area contributed by atoms with E-state index in [4.69, 9.17) is 15.1 Å². The third-order valence-electron chi connectivity index (χ3n) is 5.92. The molecule has 0 aromatic rings. The number of rotatable bonds is 5. The molecule has 4 aliphatic rings. The summed E-state index contributed by atoms with van der Waals surface area (Å²) in [5.74, 6) is -0.677. The highest BCUT2D eigenvalue weighted by atomic mass is 32.3. The number of carbonyl (C=O) groups excluding carboxylic acids is 2. The summed E-state index contributed by atoms with van der Waals surface area (Å²) in [6.45, 7) is 1.70. The number of carbonyl (C=O) groups is 2. The first-order valence-corrected chi connectivity index (χ1v) is 10.2. The Morgan fingerprint density at radius 2 is 2.04 bits per heavy atom. The van der Waals surface area contributed by atoms with Crippen LogP contribution in [0.15, 0.2) is 0 Å². The lowest BCUT2D eigenvalue weighted by atomic mass is 10.00. The summed E-state index contributed by atoms with van der Waals surface area (Å²) in [6.07, 6.45) is 3.32. The molecule has 0 radical (unpaired) electrons. The summed E-state index contributed by atoms with van der Waals surface area (Å²) in [5, 5.41) is 0.619. The highest BCUT2D eigenvalue weighted by Gasteiger charge is 2.66. The van der Waals surface area contributed by atoms with Crippen molar-refractivity contribution in [1.82, 2.24) is 9.96 Å². The zero-order chi connectivity index (χ0) is 18.7. The second-order valence-corrected chi connectivity index (χ2v) is 8.50. The molecule has 0 aromatic heterocycles. The SMILES string of the molecule is NC(=O)[C@@H]1CC[C@@H]2C[N+]1(OC1CC3CCCN3C1)C(=O)N2OS(=O)(=O)O. The molecule has 2 bridgehead atoms. The third-order valence-corrected chi connectivity index (χ3v) is 6.26. The van der Waals surface area contributed by atoms with Crippen LogP contribution in [0.4, 0.5) is 4.79 Å². The average Bonchev–Trinajstić information content (AvgIpc) is 3.15. The van der Waals surface area contributed by atoms with E-state index in [9.17, 15) is 18.0 Å². The molecule has 3 amide bonds. The summed E-state index contributed by atoms with van der Waals surface area (Å²) in [7, 11) is -4.87. The average molecular weight is 391 g/mol. The lowest BCUT2D eigenvalue weighted by Gasteiger charge is -2.37. The van der Waals surface area contributed by atoms with Crippen LogP contribution in [0.25, 0.3) is 0 Å². The number of hydrogen-bond acceptors (Lipinski definition) is 7. The Kier molecular flexibility index (Phi) is 4.24. The summed E-state index contributed by atoms with van der Waals surface area (Å²) in [5.41, 5.74) is 5.51. The number of hydrogen-bond donors (Lipinski definition) is 2. The molecule has 5 atom stereocenters. The Morgan fingerprint density at radius 3 is 2.69 bits per heavy atom. The van der Waals surface area contributed by atoms with E-state index < -0.39 is 39.1 Å². The molecule has 4 saturated heterocycles. The van der Waals surface area contributed by atoms with Crippen LogP contribution in [0.2, 0.25) is 0 Å². The summed E-state index contributed by atoms with van der Waals surface area (Å²) in [4.78, 5) is 33.4. The molecular weight excluding hydrogens is 368 g/mol. The van der Waals surface area contributed by atoms with Crippen LogP contribution in [0.3, 0.4) is 0 Å². The van der Waals surface area contributed by atoms with Gasteiger partial charge in [-0.05, 0) is 32.2 Å². The van der Waals surface area contributed by atoms with E-state index in [1.54, 1.807) is 0 Å². The van der Waals surface area contributed by atoms with E-state index >= 15 is 0 Å². The normalized spacial score (nSPS) is 40.2. The zero-order valence-corrected chi connectivity index (χ0v) is 15.0. The second kappa shape index (κ2) is 6.11. The van der Waals surface area contributed by atoms with Crippen molar-refractivity contribution in [1.29, 1.82) is 0 Å². The number of amides is 3. The van der Waals surface area contributed by atoms with E-state index in [1.165, 1.54) is 0 Å². The van der Waals surface area contributed by atoms with Crippen LogP contribution in [0, 0.1) is 0 Å². The van der Waals surface area contributed by atoms with E-state index in [0.717, 1.165) is 25.8 Å². The smallest absolute Gasteiger partial charge is 0.364 e. The first-order chi connectivity index (χ1) is 12.2. The Morgan fingerprint density at radius 1 is 1.27 bits per heavy atom. The minimum Gasteiger partial charge on any atom is -0.364 e. The van der Waals surface area contributed by atoms with E-state index in [-0.39, 0.29) is 19.1 Å². The second-order valence-electron chi connectivity index (χ2n) is 7.49. The van der Waals surface area contributed by atoms with Crippen LogP contribution in [0.1, 0.15) is 32.1 Å². The Bertz CT molecular complexity index is 719. The third kappa shape index (κ3) is 2.90. The first-order valence-electron chi connectivity index (χ1n) is 8.80. The number of nitrogens with zero attached hydrogens (tertiary/aromatic N) is 3. The maximum absolute atomic E-state index is 13.0. The topological polar surface area (TPSA) is 139 Å². The molecule has 0 saturated carbocycles. The molecule has 4 fully saturated rings. The van der Waals surface area contributed by atoms with Gasteiger partial charge < -0.3 is 5.73 Å². The van der Waals surface area contributed by atoms with Gasteiger partial charge in [-0.15, -0.1) is 9.35 Å². The largest absolute Gasteiger partial charge is 0.477 e. The number of nitrogens with two attached hydrogens (primary N) is 1. The molecule has 26 heavy (non-hydrogen) atoms. The van der Waals surface area contributed by atoms with Crippen LogP contribution in [0.5, 0.6) is 0 Å². The molecular formula is C14H23N4O7S+. The first kappa shape index (κ1) is 18.1. The van der Waals surface area contributed by atoms with Gasteiger partial charge in [0, 0.05) is 19.0 Å². The van der Waals surface area contributed by atoms with Crippen LogP contribution >= 0.6 is 0 Å². The number of fused-ring (bicyclic) bond motifs is 3. The summed E-state index contributed by atoms with van der Waals surface area (Å²) in [6, 6.07) is -1.93. The highest BCUT2D eigenvalue weighted by molar-refractivity contribution is 7.80. The van der Waals surface area contributed by atoms with Gasteiger partial charge in [0.15, 0.2) is 0 Å². The predicted molar refractivity (Wildman–Crippen MR) is 85.1 cm³/mol. The maximum Gasteiger partial charge on any atom is 0.477 e. The van der Waals surface area contributed by atoms with Crippen molar-refractivity contribution in [2.75, 3.05) is 19.6 Å². The van der Waals surface area contributed by atoms with Gasteiger partial charge in [-0.25, -0.2) is 4.79 Å². The van der Waals surface area contributed by atoms with Crippen molar-refractivity contribution in [2.24, 2.45) is 5.73 Å². The van der Waals surface area contributed by atoms with Gasteiger partial charge >= 0.3 is 16.4 Å². The summed E-state index contributed by atoms with van der Waals surface area (Å²) < 4.78 is 35.0. The van der Waals surface area contributed by atoms with Crippen molar-refractivity contribution < 1.29 is 36.3 Å². The number of piperidine rings is 1. The fourth-order valence-electron chi connectivity index (χ4n) is 4.90. The van der Waals surface area contributed by atoms with Gasteiger partial charge in [0.05, 0.1) is 0 Å². The molecule has 146 valence electrons. The molecule has 4 heterocycles. The monoisotopic (exact) mass is 391 g/mol. The number of primary amides is 1. The van der Waals surface area contributed by atoms with Crippen molar-refractivity contribution in [3.8, 4) is 0 Å². The number of urea groups is 1. The molecule has 4 rings (SSSR count). The predicted octanol–water partition coefficient (Wildman–Crippen LogP) is -0.842. The van der Waals surface area contributed by atoms with Crippen LogP contribution in [-0.2, 0) is 24.3 Å². The van der Waals surface area contributed by atoms with Gasteiger partial charge in [-0.2, -0.15) is 13.3 Å². The number of quaternary nitrogens is 1. The molecule has 0 aromatic carbocycles. The van der Waals surface area contributed by atoms with Gasteiger partial charge in [0.25, 0.3) is 5.91 Å². The quantitative estimate of drug-likeness (QED) is 0.457. The standard InChI is InChI=1S/C14H22N4O7S/c15-13(19)12-4-3-10-8-18(12,14(20)17(10)25-26(21,22)23)24-11-6-9-2-1-5-16(9)7-11/h9-12H,1-8H2,(H2-,15,19,21,22,23)/p+1/t9?,10-,11?,12+,18?/m1/s1. The molecule has 3 N–H and O–H groups in total. The van der Waals surface area contributed by atoms with Gasteiger partial charge in [-0.3, -0.25) is 14.2 Å². The Balaban J connectivity index is 1.61. The Labute approximate surface area is 151 Å². The van der Waals surface area contributed by atoms with E-state index in [0.29, 0.717) is 24.1 Å². The highest BCUT2D eigenvalue weighted by Crippen LogP contribution is 2.41. The summed E-state index contributed by atoms with van der Waals surface area (Å²) >= 11 is 0. The minimum atomic E-state index is -4.87. The molecule has 11 nitrogen and oxygen atoms in total. The molecule has 12 heteroatoms. The van der Waals surface area contributed by atoms with Crippen molar-refractivity contribution in [3.63, 3.8) is 0 Å². The van der Waals surface area contributed by atoms with Crippen molar-refractivity contribution in [2.45, 2.75) is 56.3 Å². The van der Waals surface area contributed by atoms with Crippen LogP contribution in [-0.4, -0.2) is 83.4 Å². The van der Waals surface area contributed by atoms with Crippen molar-refractivity contribution in [3.05, 3.63) is 0 Å². The molecule has 3 unspecified atom stereocenters. The molecule has 0 aliphatic carbocycles. The lowest BCUT2D eigenvalue weighted by molar-refractivity contribution is -1.06. The van der Waals surface area contributed by atoms with Crippen LogP contribution < -0.4 is 5.73 Å². The Hall–Kier alpha value is -1.31. The van der Waals surface area contributed by atoms with Gasteiger partial charge in [0.1, 0.15) is 18.7 Å². The fourth-order valence-corrected chi connectivity index (χ4v) is 5.29.